The highest BCUT2D eigenvalue weighted by atomic mass is 16.7. The summed E-state index contributed by atoms with van der Waals surface area (Å²) < 4.78 is 26.2. The van der Waals surface area contributed by atoms with Crippen molar-refractivity contribution < 1.29 is 42.9 Å². The molecule has 11 nitrogen and oxygen atoms in total. The summed E-state index contributed by atoms with van der Waals surface area (Å²) in [5, 5.41) is 0. The Labute approximate surface area is 192 Å². The molecule has 11 heteroatoms. The highest BCUT2D eigenvalue weighted by molar-refractivity contribution is 5.90. The van der Waals surface area contributed by atoms with Gasteiger partial charge in [-0.2, -0.15) is 0 Å². The number of amides is 1. The SMILES string of the molecule is COCO[C@H](COC(=O)c1ccccc1)[C@H]1C(=O)N(C)[C@H](C(=O)OC)[C@@H](OC(C)=O)CN1C. The Morgan fingerprint density at radius 2 is 1.79 bits per heavy atom. The summed E-state index contributed by atoms with van der Waals surface area (Å²) in [5.41, 5.74) is 0.348. The molecule has 1 aliphatic rings. The Hall–Kier alpha value is -3.02. The Kier molecular flexibility index (Phi) is 9.76. The molecule has 1 aromatic carbocycles. The Balaban J connectivity index is 2.30. The molecule has 1 heterocycles. The number of carbonyl (C=O) groups excluding carboxylic acids is 4. The van der Waals surface area contributed by atoms with Crippen molar-refractivity contribution in [2.45, 2.75) is 31.2 Å². The van der Waals surface area contributed by atoms with Crippen LogP contribution in [0.5, 0.6) is 0 Å². The van der Waals surface area contributed by atoms with E-state index < -0.39 is 48.1 Å². The second-order valence-corrected chi connectivity index (χ2v) is 7.53. The monoisotopic (exact) mass is 466 g/mol. The summed E-state index contributed by atoms with van der Waals surface area (Å²) in [5.74, 6) is -2.41. The van der Waals surface area contributed by atoms with Gasteiger partial charge in [0.15, 0.2) is 6.04 Å². The first-order chi connectivity index (χ1) is 15.7. The third-order valence-corrected chi connectivity index (χ3v) is 5.21. The van der Waals surface area contributed by atoms with Gasteiger partial charge in [0.1, 0.15) is 31.6 Å². The van der Waals surface area contributed by atoms with Gasteiger partial charge in [0.05, 0.1) is 12.7 Å². The highest BCUT2D eigenvalue weighted by Crippen LogP contribution is 2.22. The molecule has 182 valence electrons. The fourth-order valence-electron chi connectivity index (χ4n) is 3.67. The lowest BCUT2D eigenvalue weighted by molar-refractivity contribution is -0.164. The minimum atomic E-state index is -1.16. The predicted octanol–water partition coefficient (Wildman–Crippen LogP) is 0.0782. The highest BCUT2D eigenvalue weighted by Gasteiger charge is 2.47. The Bertz CT molecular complexity index is 832. The molecule has 1 aromatic rings. The number of likely N-dealkylation sites (N-methyl/N-ethyl adjacent to an activating group) is 2. The van der Waals surface area contributed by atoms with Crippen LogP contribution in [0, 0.1) is 0 Å². The van der Waals surface area contributed by atoms with Gasteiger partial charge in [-0.3, -0.25) is 14.5 Å². The minimum absolute atomic E-state index is 0.0273. The van der Waals surface area contributed by atoms with E-state index in [1.165, 1.54) is 28.2 Å². The fourth-order valence-corrected chi connectivity index (χ4v) is 3.67. The van der Waals surface area contributed by atoms with Crippen molar-refractivity contribution >= 4 is 23.8 Å². The van der Waals surface area contributed by atoms with Gasteiger partial charge in [-0.1, -0.05) is 18.2 Å². The minimum Gasteiger partial charge on any atom is -0.467 e. The molecule has 0 unspecified atom stereocenters. The van der Waals surface area contributed by atoms with Crippen LogP contribution >= 0.6 is 0 Å². The van der Waals surface area contributed by atoms with Crippen molar-refractivity contribution in [3.05, 3.63) is 35.9 Å². The van der Waals surface area contributed by atoms with Gasteiger partial charge in [-0.15, -0.1) is 0 Å². The molecule has 0 N–H and O–H groups in total. The zero-order chi connectivity index (χ0) is 24.5. The maximum absolute atomic E-state index is 13.4. The molecule has 0 saturated carbocycles. The second kappa shape index (κ2) is 12.3. The predicted molar refractivity (Wildman–Crippen MR) is 114 cm³/mol. The average Bonchev–Trinajstić information content (AvgIpc) is 2.88. The second-order valence-electron chi connectivity index (χ2n) is 7.53. The van der Waals surface area contributed by atoms with Crippen molar-refractivity contribution in [1.82, 2.24) is 9.80 Å². The summed E-state index contributed by atoms with van der Waals surface area (Å²) in [6.07, 6.45) is -1.92. The molecule has 1 aliphatic heterocycles. The van der Waals surface area contributed by atoms with E-state index >= 15 is 0 Å². The molecule has 1 amide bonds. The van der Waals surface area contributed by atoms with Crippen LogP contribution in [0.3, 0.4) is 0 Å². The lowest BCUT2D eigenvalue weighted by Gasteiger charge is -2.32. The number of benzene rings is 1. The normalized spacial score (nSPS) is 22.3. The molecule has 4 atom stereocenters. The molecule has 0 aliphatic carbocycles. The molecule has 1 saturated heterocycles. The van der Waals surface area contributed by atoms with Crippen LogP contribution in [-0.4, -0.2) is 106 Å². The number of carbonyl (C=O) groups is 4. The van der Waals surface area contributed by atoms with Crippen LogP contribution in [-0.2, 0) is 38.1 Å². The molecular weight excluding hydrogens is 436 g/mol. The average molecular weight is 466 g/mol. The van der Waals surface area contributed by atoms with Gasteiger partial charge in [-0.25, -0.2) is 9.59 Å². The lowest BCUT2D eigenvalue weighted by atomic mass is 10.1. The van der Waals surface area contributed by atoms with E-state index in [0.29, 0.717) is 5.56 Å². The molecule has 0 bridgehead atoms. The van der Waals surface area contributed by atoms with Crippen molar-refractivity contribution in [3.63, 3.8) is 0 Å². The molecule has 0 radical (unpaired) electrons. The summed E-state index contributed by atoms with van der Waals surface area (Å²) in [6.45, 7) is 0.821. The van der Waals surface area contributed by atoms with E-state index in [2.05, 4.69) is 0 Å². The molecule has 0 spiro atoms. The maximum atomic E-state index is 13.4. The van der Waals surface area contributed by atoms with Crippen LogP contribution < -0.4 is 0 Å². The van der Waals surface area contributed by atoms with E-state index in [-0.39, 0.29) is 19.9 Å². The van der Waals surface area contributed by atoms with Gasteiger partial charge in [0, 0.05) is 27.6 Å². The first kappa shape index (κ1) is 26.2. The first-order valence-corrected chi connectivity index (χ1v) is 10.3. The molecule has 1 fully saturated rings. The lowest BCUT2D eigenvalue weighted by Crippen LogP contribution is -2.55. The number of methoxy groups -OCH3 is 2. The quantitative estimate of drug-likeness (QED) is 0.281. The van der Waals surface area contributed by atoms with Gasteiger partial charge in [0.2, 0.25) is 5.91 Å². The number of esters is 3. The van der Waals surface area contributed by atoms with E-state index in [1.807, 2.05) is 0 Å². The standard InChI is InChI=1S/C22H30N2O9/c1-14(25)33-16-11-23(2)18(20(26)24(3)19(16)22(28)30-5)17(32-13-29-4)12-31-21(27)15-9-7-6-8-10-15/h6-10,16-19H,11-13H2,1-5H3/t16-,17+,18-,19-/m0/s1. The summed E-state index contributed by atoms with van der Waals surface area (Å²) in [6, 6.07) is 6.26. The first-order valence-electron chi connectivity index (χ1n) is 10.3. The van der Waals surface area contributed by atoms with Crippen molar-refractivity contribution in [3.8, 4) is 0 Å². The van der Waals surface area contributed by atoms with Crippen molar-refractivity contribution in [2.75, 3.05) is 48.3 Å². The van der Waals surface area contributed by atoms with Crippen LogP contribution in [0.2, 0.25) is 0 Å². The number of nitrogens with zero attached hydrogens (tertiary/aromatic N) is 2. The van der Waals surface area contributed by atoms with E-state index in [9.17, 15) is 19.2 Å². The van der Waals surface area contributed by atoms with E-state index in [4.69, 9.17) is 23.7 Å². The van der Waals surface area contributed by atoms with Crippen molar-refractivity contribution in [1.29, 1.82) is 0 Å². The van der Waals surface area contributed by atoms with Crippen LogP contribution in [0.1, 0.15) is 17.3 Å². The third-order valence-electron chi connectivity index (χ3n) is 5.21. The largest absolute Gasteiger partial charge is 0.467 e. The van der Waals surface area contributed by atoms with Gasteiger partial charge in [-0.05, 0) is 19.2 Å². The van der Waals surface area contributed by atoms with E-state index in [0.717, 1.165) is 4.90 Å². The molecule has 0 aromatic heterocycles. The maximum Gasteiger partial charge on any atom is 0.338 e. The molecular formula is C22H30N2O9. The zero-order valence-electron chi connectivity index (χ0n) is 19.4. The topological polar surface area (TPSA) is 121 Å². The van der Waals surface area contributed by atoms with Gasteiger partial charge in [0.25, 0.3) is 0 Å². The van der Waals surface area contributed by atoms with Gasteiger partial charge < -0.3 is 28.6 Å². The smallest absolute Gasteiger partial charge is 0.338 e. The summed E-state index contributed by atoms with van der Waals surface area (Å²) >= 11 is 0. The Morgan fingerprint density at radius 3 is 2.36 bits per heavy atom. The number of hydrogen-bond acceptors (Lipinski definition) is 10. The van der Waals surface area contributed by atoms with E-state index in [1.54, 1.807) is 42.3 Å². The number of hydrogen-bond donors (Lipinski definition) is 0. The van der Waals surface area contributed by atoms with Crippen molar-refractivity contribution in [2.24, 2.45) is 0 Å². The number of rotatable bonds is 9. The Morgan fingerprint density at radius 1 is 1.12 bits per heavy atom. The molecule has 2 rings (SSSR count). The summed E-state index contributed by atoms with van der Waals surface area (Å²) in [7, 11) is 5.64. The third kappa shape index (κ3) is 6.73. The number of ether oxygens (including phenoxy) is 5. The summed E-state index contributed by atoms with van der Waals surface area (Å²) in [4.78, 5) is 52.7. The van der Waals surface area contributed by atoms with Crippen LogP contribution in [0.25, 0.3) is 0 Å². The van der Waals surface area contributed by atoms with Crippen LogP contribution in [0.15, 0.2) is 30.3 Å². The fraction of sp³-hybridized carbons (Fsp3) is 0.545. The zero-order valence-corrected chi connectivity index (χ0v) is 19.4. The molecule has 33 heavy (non-hydrogen) atoms. The van der Waals surface area contributed by atoms with Gasteiger partial charge >= 0.3 is 17.9 Å². The van der Waals surface area contributed by atoms with Crippen LogP contribution in [0.4, 0.5) is 0 Å².